The summed E-state index contributed by atoms with van der Waals surface area (Å²) in [5.74, 6) is -3.03. The molecule has 3 aromatic heterocycles. The monoisotopic (exact) mass is 616 g/mol. The van der Waals surface area contributed by atoms with E-state index in [0.717, 1.165) is 18.4 Å². The Labute approximate surface area is 250 Å². The highest BCUT2D eigenvalue weighted by molar-refractivity contribution is 7.92. The Morgan fingerprint density at radius 2 is 1.91 bits per heavy atom. The number of hydrogen-bond acceptors (Lipinski definition) is 8. The molecule has 0 saturated carbocycles. The molecule has 13 heteroatoms. The van der Waals surface area contributed by atoms with Crippen LogP contribution in [0.5, 0.6) is 0 Å². The van der Waals surface area contributed by atoms with E-state index in [-0.39, 0.29) is 36.0 Å². The fourth-order valence-electron chi connectivity index (χ4n) is 4.58. The number of alkyl halides is 2. The van der Waals surface area contributed by atoms with Crippen molar-refractivity contribution in [1.29, 1.82) is 0 Å². The summed E-state index contributed by atoms with van der Waals surface area (Å²) in [6.45, 7) is 9.86. The number of pyridine rings is 1. The number of ether oxygens (including phenoxy) is 1. The van der Waals surface area contributed by atoms with Crippen LogP contribution in [0.4, 0.5) is 14.7 Å². The first-order valence-electron chi connectivity index (χ1n) is 14.4. The first kappa shape index (κ1) is 32.2. The quantitative estimate of drug-likeness (QED) is 0.159. The smallest absolute Gasteiger partial charge is 0.308 e. The van der Waals surface area contributed by atoms with Crippen LogP contribution >= 0.6 is 0 Å². The zero-order valence-electron chi connectivity index (χ0n) is 25.2. The van der Waals surface area contributed by atoms with Gasteiger partial charge in [0.25, 0.3) is 10.0 Å². The summed E-state index contributed by atoms with van der Waals surface area (Å²) in [5, 5.41) is 8.05. The molecule has 0 amide bonds. The van der Waals surface area contributed by atoms with Gasteiger partial charge in [-0.1, -0.05) is 43.6 Å². The highest BCUT2D eigenvalue weighted by Gasteiger charge is 2.36. The van der Waals surface area contributed by atoms with E-state index >= 15 is 0 Å². The number of hydrogen-bond donors (Lipinski definition) is 1. The van der Waals surface area contributed by atoms with Crippen molar-refractivity contribution in [2.75, 3.05) is 11.3 Å². The number of benzene rings is 1. The molecule has 0 fully saturated rings. The normalized spacial score (nSPS) is 12.2. The fourth-order valence-corrected chi connectivity index (χ4v) is 5.80. The van der Waals surface area contributed by atoms with Crippen molar-refractivity contribution >= 4 is 15.9 Å². The second kappa shape index (κ2) is 13.7. The van der Waals surface area contributed by atoms with Crippen LogP contribution in [0.3, 0.4) is 0 Å². The number of unbranched alkanes of at least 4 members (excludes halogenated alkanes) is 1. The molecule has 4 aromatic rings. The third-order valence-corrected chi connectivity index (χ3v) is 8.42. The molecule has 4 rings (SSSR count). The van der Waals surface area contributed by atoms with Crippen LogP contribution in [0.15, 0.2) is 45.9 Å². The van der Waals surface area contributed by atoms with Gasteiger partial charge in [-0.05, 0) is 56.9 Å². The topological polar surface area (TPSA) is 125 Å². The number of sulfonamides is 1. The lowest BCUT2D eigenvalue weighted by Gasteiger charge is -2.15. The second-order valence-electron chi connectivity index (χ2n) is 10.4. The predicted octanol–water partition coefficient (Wildman–Crippen LogP) is 6.57. The molecule has 10 nitrogen and oxygen atoms in total. The Balaban J connectivity index is 1.73. The fraction of sp³-hybridized carbons (Fsp3) is 0.467. The van der Waals surface area contributed by atoms with E-state index in [1.54, 1.807) is 32.9 Å². The summed E-state index contributed by atoms with van der Waals surface area (Å²) in [4.78, 5) is 8.62. The minimum Gasteiger partial charge on any atom is -0.377 e. The molecule has 0 bridgehead atoms. The van der Waals surface area contributed by atoms with Crippen molar-refractivity contribution in [1.82, 2.24) is 24.9 Å². The Morgan fingerprint density at radius 1 is 1.12 bits per heavy atom. The lowest BCUT2D eigenvalue weighted by Crippen LogP contribution is -2.16. The van der Waals surface area contributed by atoms with Crippen molar-refractivity contribution in [3.05, 3.63) is 70.6 Å². The molecule has 3 heterocycles. The second-order valence-corrected chi connectivity index (χ2v) is 12.0. The van der Waals surface area contributed by atoms with E-state index in [9.17, 15) is 17.2 Å². The third-order valence-electron chi connectivity index (χ3n) is 7.06. The summed E-state index contributed by atoms with van der Waals surface area (Å²) >= 11 is 0. The number of rotatable bonds is 15. The van der Waals surface area contributed by atoms with Crippen LogP contribution in [0.25, 0.3) is 11.3 Å². The third kappa shape index (κ3) is 7.45. The van der Waals surface area contributed by atoms with Gasteiger partial charge in [0, 0.05) is 36.8 Å². The first-order valence-corrected chi connectivity index (χ1v) is 15.9. The SMILES string of the molecule is CCCCc1nc(C(F)(F)CCC)nn1Cc1ccc(-c2ncccc2S(=O)(=O)Nc2onc(C)c2C)c(COCC)c1. The largest absolute Gasteiger partial charge is 0.377 e. The standard InChI is InChI=1S/C30H38F2N6O4S/c1-6-9-12-26-34-29(30(31,32)15-7-2)35-38(26)18-22-13-14-24(23(17-22)19-41-8-3)27-25(11-10-16-33-27)43(39,40)37-28-20(4)21(5)36-42-28/h10-11,13-14,16-17,37H,6-9,12,15,18-19H2,1-5H3. The average Bonchev–Trinajstić information content (AvgIpc) is 3.53. The summed E-state index contributed by atoms with van der Waals surface area (Å²) in [6, 6.07) is 8.45. The molecule has 0 aliphatic heterocycles. The van der Waals surface area contributed by atoms with Crippen LogP contribution in [-0.2, 0) is 40.3 Å². The Kier molecular flexibility index (Phi) is 10.3. The van der Waals surface area contributed by atoms with Crippen molar-refractivity contribution in [3.63, 3.8) is 0 Å². The van der Waals surface area contributed by atoms with Gasteiger partial charge in [0.15, 0.2) is 0 Å². The maximum Gasteiger partial charge on any atom is 0.308 e. The van der Waals surface area contributed by atoms with Gasteiger partial charge in [0.1, 0.15) is 10.7 Å². The highest BCUT2D eigenvalue weighted by atomic mass is 32.2. The zero-order valence-corrected chi connectivity index (χ0v) is 26.0. The lowest BCUT2D eigenvalue weighted by atomic mass is 10.0. The van der Waals surface area contributed by atoms with E-state index in [1.165, 1.54) is 16.9 Å². The van der Waals surface area contributed by atoms with E-state index in [4.69, 9.17) is 9.26 Å². The molecule has 0 spiro atoms. The first-order chi connectivity index (χ1) is 20.5. The van der Waals surface area contributed by atoms with Gasteiger partial charge in [-0.2, -0.15) is 8.78 Å². The molecular formula is C30H38F2N6O4S. The number of halogens is 2. The highest BCUT2D eigenvalue weighted by Crippen LogP contribution is 2.33. The molecule has 0 atom stereocenters. The number of anilines is 1. The van der Waals surface area contributed by atoms with Crippen molar-refractivity contribution in [3.8, 4) is 11.3 Å². The molecule has 0 unspecified atom stereocenters. The number of nitrogens with one attached hydrogen (secondary N) is 1. The van der Waals surface area contributed by atoms with Gasteiger partial charge < -0.3 is 9.26 Å². The molecule has 0 radical (unpaired) electrons. The van der Waals surface area contributed by atoms with Crippen LogP contribution in [0.1, 0.15) is 80.5 Å². The Hall–Kier alpha value is -3.71. The molecule has 232 valence electrons. The van der Waals surface area contributed by atoms with Gasteiger partial charge in [0.2, 0.25) is 11.7 Å². The maximum absolute atomic E-state index is 14.7. The van der Waals surface area contributed by atoms with Crippen LogP contribution < -0.4 is 4.72 Å². The predicted molar refractivity (Wildman–Crippen MR) is 158 cm³/mol. The number of nitrogens with zero attached hydrogens (tertiary/aromatic N) is 5. The van der Waals surface area contributed by atoms with Gasteiger partial charge in [-0.15, -0.1) is 5.10 Å². The van der Waals surface area contributed by atoms with E-state index in [2.05, 4.69) is 24.9 Å². The van der Waals surface area contributed by atoms with Crippen LogP contribution in [0.2, 0.25) is 0 Å². The molecule has 0 aliphatic carbocycles. The minimum absolute atomic E-state index is 0.0350. The van der Waals surface area contributed by atoms with Crippen LogP contribution in [-0.4, -0.2) is 39.9 Å². The number of aromatic nitrogens is 5. The van der Waals surface area contributed by atoms with Gasteiger partial charge in [-0.3, -0.25) is 4.98 Å². The summed E-state index contributed by atoms with van der Waals surface area (Å²) in [7, 11) is -4.11. The number of aryl methyl sites for hydroxylation is 2. The molecule has 1 aromatic carbocycles. The minimum atomic E-state index is -4.11. The molecular weight excluding hydrogens is 578 g/mol. The maximum atomic E-state index is 14.7. The Morgan fingerprint density at radius 3 is 2.58 bits per heavy atom. The van der Waals surface area contributed by atoms with Gasteiger partial charge in [-0.25, -0.2) is 22.8 Å². The van der Waals surface area contributed by atoms with Crippen molar-refractivity contribution < 1.29 is 26.5 Å². The van der Waals surface area contributed by atoms with E-state index in [0.29, 0.717) is 47.7 Å². The summed E-state index contributed by atoms with van der Waals surface area (Å²) in [6.07, 6.45) is 3.72. The zero-order chi connectivity index (χ0) is 31.2. The van der Waals surface area contributed by atoms with Gasteiger partial charge >= 0.3 is 5.92 Å². The summed E-state index contributed by atoms with van der Waals surface area (Å²) in [5.41, 5.74) is 3.41. The average molecular weight is 617 g/mol. The van der Waals surface area contributed by atoms with E-state index in [1.807, 2.05) is 26.0 Å². The molecule has 0 aliphatic rings. The Bertz CT molecular complexity index is 1650. The molecule has 1 N–H and O–H groups in total. The molecule has 43 heavy (non-hydrogen) atoms. The van der Waals surface area contributed by atoms with Crippen molar-refractivity contribution in [2.45, 2.75) is 90.7 Å². The van der Waals surface area contributed by atoms with Crippen molar-refractivity contribution in [2.24, 2.45) is 0 Å². The summed E-state index contributed by atoms with van der Waals surface area (Å²) < 4.78 is 71.4. The van der Waals surface area contributed by atoms with Gasteiger partial charge in [0.05, 0.1) is 24.5 Å². The van der Waals surface area contributed by atoms with Crippen LogP contribution in [0, 0.1) is 13.8 Å². The van der Waals surface area contributed by atoms with E-state index < -0.39 is 21.8 Å². The lowest BCUT2D eigenvalue weighted by molar-refractivity contribution is -0.0232. The molecule has 0 saturated heterocycles.